The van der Waals surface area contributed by atoms with Gasteiger partial charge in [0.2, 0.25) is 0 Å². The lowest BCUT2D eigenvalue weighted by Crippen LogP contribution is -2.31. The predicted molar refractivity (Wildman–Crippen MR) is 77.2 cm³/mol. The second kappa shape index (κ2) is 6.92. The normalized spacial score (nSPS) is 24.5. The van der Waals surface area contributed by atoms with Crippen molar-refractivity contribution in [2.75, 3.05) is 6.54 Å². The van der Waals surface area contributed by atoms with E-state index in [0.717, 1.165) is 38.6 Å². The SMILES string of the molecule is CC(CCc1ccc(O)cc1)NCC1CCC(O)C1. The Balaban J connectivity index is 1.64. The summed E-state index contributed by atoms with van der Waals surface area (Å²) in [5.74, 6) is 0.973. The number of aliphatic hydroxyl groups excluding tert-OH is 1. The average molecular weight is 263 g/mol. The van der Waals surface area contributed by atoms with Crippen LogP contribution in [0.5, 0.6) is 5.75 Å². The number of phenols is 1. The lowest BCUT2D eigenvalue weighted by molar-refractivity contribution is 0.177. The van der Waals surface area contributed by atoms with E-state index in [9.17, 15) is 10.2 Å². The van der Waals surface area contributed by atoms with Gasteiger partial charge >= 0.3 is 0 Å². The van der Waals surface area contributed by atoms with Crippen LogP contribution in [-0.2, 0) is 6.42 Å². The summed E-state index contributed by atoms with van der Waals surface area (Å²) in [6, 6.07) is 7.94. The Morgan fingerprint density at radius 2 is 2.00 bits per heavy atom. The fourth-order valence-corrected chi connectivity index (χ4v) is 2.75. The molecule has 0 heterocycles. The number of aliphatic hydroxyl groups is 1. The maximum absolute atomic E-state index is 9.49. The third-order valence-corrected chi connectivity index (χ3v) is 4.07. The molecular weight excluding hydrogens is 238 g/mol. The zero-order chi connectivity index (χ0) is 13.7. The maximum atomic E-state index is 9.49. The Bertz CT molecular complexity index is 377. The molecule has 0 spiro atoms. The van der Waals surface area contributed by atoms with Gasteiger partial charge in [-0.05, 0) is 69.2 Å². The smallest absolute Gasteiger partial charge is 0.115 e. The first-order valence-corrected chi connectivity index (χ1v) is 7.33. The van der Waals surface area contributed by atoms with Crippen LogP contribution in [0.2, 0.25) is 0 Å². The largest absolute Gasteiger partial charge is 0.508 e. The molecule has 3 atom stereocenters. The van der Waals surface area contributed by atoms with Gasteiger partial charge in [0.25, 0.3) is 0 Å². The van der Waals surface area contributed by atoms with Crippen LogP contribution >= 0.6 is 0 Å². The van der Waals surface area contributed by atoms with Crippen molar-refractivity contribution in [1.29, 1.82) is 0 Å². The van der Waals surface area contributed by atoms with E-state index in [2.05, 4.69) is 12.2 Å². The molecule has 1 aromatic carbocycles. The standard InChI is InChI=1S/C16H25NO2/c1-12(17-11-14-6-9-16(19)10-14)2-3-13-4-7-15(18)8-5-13/h4-5,7-8,12,14,16-19H,2-3,6,9-11H2,1H3. The van der Waals surface area contributed by atoms with Crippen LogP contribution in [0.15, 0.2) is 24.3 Å². The van der Waals surface area contributed by atoms with Gasteiger partial charge in [0.1, 0.15) is 5.75 Å². The quantitative estimate of drug-likeness (QED) is 0.739. The molecule has 3 heteroatoms. The van der Waals surface area contributed by atoms with E-state index in [1.165, 1.54) is 5.56 Å². The second-order valence-corrected chi connectivity index (χ2v) is 5.85. The Morgan fingerprint density at radius 3 is 2.63 bits per heavy atom. The molecule has 0 aliphatic heterocycles. The highest BCUT2D eigenvalue weighted by atomic mass is 16.3. The molecule has 0 aromatic heterocycles. The van der Waals surface area contributed by atoms with Crippen LogP contribution in [0, 0.1) is 5.92 Å². The molecule has 19 heavy (non-hydrogen) atoms. The number of hydrogen-bond donors (Lipinski definition) is 3. The molecule has 3 unspecified atom stereocenters. The summed E-state index contributed by atoms with van der Waals surface area (Å²) in [5, 5.41) is 22.3. The maximum Gasteiger partial charge on any atom is 0.115 e. The van der Waals surface area contributed by atoms with E-state index in [1.54, 1.807) is 12.1 Å². The van der Waals surface area contributed by atoms with Crippen LogP contribution in [0.25, 0.3) is 0 Å². The molecule has 1 aliphatic rings. The summed E-state index contributed by atoms with van der Waals surface area (Å²) in [4.78, 5) is 0. The number of benzene rings is 1. The van der Waals surface area contributed by atoms with Crippen molar-refractivity contribution < 1.29 is 10.2 Å². The molecule has 3 N–H and O–H groups in total. The average Bonchev–Trinajstić information content (AvgIpc) is 2.81. The molecular formula is C16H25NO2. The zero-order valence-corrected chi connectivity index (χ0v) is 11.7. The van der Waals surface area contributed by atoms with Crippen LogP contribution in [0.4, 0.5) is 0 Å². The van der Waals surface area contributed by atoms with E-state index < -0.39 is 0 Å². The van der Waals surface area contributed by atoms with Crippen LogP contribution in [-0.4, -0.2) is 28.9 Å². The van der Waals surface area contributed by atoms with Crippen molar-refractivity contribution in [1.82, 2.24) is 5.32 Å². The van der Waals surface area contributed by atoms with E-state index in [-0.39, 0.29) is 6.10 Å². The fraction of sp³-hybridized carbons (Fsp3) is 0.625. The molecule has 1 saturated carbocycles. The highest BCUT2D eigenvalue weighted by Crippen LogP contribution is 2.24. The number of phenolic OH excluding ortho intramolecular Hbond substituents is 1. The first-order valence-electron chi connectivity index (χ1n) is 7.33. The molecule has 2 rings (SSSR count). The molecule has 1 fully saturated rings. The zero-order valence-electron chi connectivity index (χ0n) is 11.7. The van der Waals surface area contributed by atoms with Gasteiger partial charge in [-0.2, -0.15) is 0 Å². The molecule has 3 nitrogen and oxygen atoms in total. The molecule has 0 saturated heterocycles. The van der Waals surface area contributed by atoms with E-state index in [4.69, 9.17) is 0 Å². The Labute approximate surface area is 115 Å². The summed E-state index contributed by atoms with van der Waals surface area (Å²) < 4.78 is 0. The summed E-state index contributed by atoms with van der Waals surface area (Å²) in [6.45, 7) is 3.24. The highest BCUT2D eigenvalue weighted by Gasteiger charge is 2.22. The van der Waals surface area contributed by atoms with Crippen molar-refractivity contribution in [3.8, 4) is 5.75 Å². The Hall–Kier alpha value is -1.06. The van der Waals surface area contributed by atoms with Gasteiger partial charge < -0.3 is 15.5 Å². The molecule has 0 radical (unpaired) electrons. The second-order valence-electron chi connectivity index (χ2n) is 5.85. The summed E-state index contributed by atoms with van der Waals surface area (Å²) in [5.41, 5.74) is 1.27. The molecule has 106 valence electrons. The fourth-order valence-electron chi connectivity index (χ4n) is 2.75. The number of aromatic hydroxyl groups is 1. The number of rotatable bonds is 6. The van der Waals surface area contributed by atoms with Crippen molar-refractivity contribution in [2.45, 2.75) is 51.2 Å². The lowest BCUT2D eigenvalue weighted by Gasteiger charge is -2.17. The minimum absolute atomic E-state index is 0.0703. The number of nitrogens with one attached hydrogen (secondary N) is 1. The molecule has 1 aromatic rings. The summed E-state index contributed by atoms with van der Waals surface area (Å²) >= 11 is 0. The van der Waals surface area contributed by atoms with Gasteiger partial charge in [0.05, 0.1) is 6.10 Å². The van der Waals surface area contributed by atoms with Crippen molar-refractivity contribution in [3.63, 3.8) is 0 Å². The lowest BCUT2D eigenvalue weighted by atomic mass is 10.0. The van der Waals surface area contributed by atoms with Crippen LogP contribution in [0.3, 0.4) is 0 Å². The minimum Gasteiger partial charge on any atom is -0.508 e. The van der Waals surface area contributed by atoms with Crippen molar-refractivity contribution in [2.24, 2.45) is 5.92 Å². The highest BCUT2D eigenvalue weighted by molar-refractivity contribution is 5.25. The molecule has 0 amide bonds. The Morgan fingerprint density at radius 1 is 1.26 bits per heavy atom. The van der Waals surface area contributed by atoms with Crippen LogP contribution < -0.4 is 5.32 Å². The van der Waals surface area contributed by atoms with Gasteiger partial charge in [-0.3, -0.25) is 0 Å². The van der Waals surface area contributed by atoms with Crippen LogP contribution in [0.1, 0.15) is 38.2 Å². The molecule has 1 aliphatic carbocycles. The number of aryl methyl sites for hydroxylation is 1. The first kappa shape index (κ1) is 14.4. The van der Waals surface area contributed by atoms with Gasteiger partial charge in [-0.15, -0.1) is 0 Å². The van der Waals surface area contributed by atoms with E-state index in [1.807, 2.05) is 12.1 Å². The third kappa shape index (κ3) is 4.84. The van der Waals surface area contributed by atoms with E-state index >= 15 is 0 Å². The first-order chi connectivity index (χ1) is 9.13. The minimum atomic E-state index is -0.0703. The summed E-state index contributed by atoms with van der Waals surface area (Å²) in [7, 11) is 0. The predicted octanol–water partition coefficient (Wildman–Crippen LogP) is 2.46. The van der Waals surface area contributed by atoms with Gasteiger partial charge in [-0.25, -0.2) is 0 Å². The Kier molecular flexibility index (Phi) is 5.23. The van der Waals surface area contributed by atoms with Gasteiger partial charge in [0, 0.05) is 6.04 Å². The summed E-state index contributed by atoms with van der Waals surface area (Å²) in [6.07, 6.45) is 5.13. The number of hydrogen-bond acceptors (Lipinski definition) is 3. The van der Waals surface area contributed by atoms with Crippen molar-refractivity contribution in [3.05, 3.63) is 29.8 Å². The van der Waals surface area contributed by atoms with Gasteiger partial charge in [0.15, 0.2) is 0 Å². The van der Waals surface area contributed by atoms with Gasteiger partial charge in [-0.1, -0.05) is 12.1 Å². The van der Waals surface area contributed by atoms with Crippen molar-refractivity contribution >= 4 is 0 Å². The monoisotopic (exact) mass is 263 g/mol. The van der Waals surface area contributed by atoms with E-state index in [0.29, 0.717) is 17.7 Å². The topological polar surface area (TPSA) is 52.5 Å². The third-order valence-electron chi connectivity index (χ3n) is 4.07. The molecule has 0 bridgehead atoms.